The van der Waals surface area contributed by atoms with E-state index in [1.165, 1.54) is 0 Å². The zero-order valence-corrected chi connectivity index (χ0v) is 11.1. The summed E-state index contributed by atoms with van der Waals surface area (Å²) in [6.45, 7) is 0.532. The van der Waals surface area contributed by atoms with Gasteiger partial charge < -0.3 is 25.5 Å². The molecule has 11 nitrogen and oxygen atoms in total. The van der Waals surface area contributed by atoms with E-state index in [1.54, 1.807) is 0 Å². The molecule has 0 saturated heterocycles. The van der Waals surface area contributed by atoms with Crippen molar-refractivity contribution in [3.05, 3.63) is 0 Å². The maximum Gasteiger partial charge on any atom is 0.332 e. The number of ketones is 1. The molecule has 0 amide bonds. The van der Waals surface area contributed by atoms with Crippen molar-refractivity contribution in [3.63, 3.8) is 0 Å². The van der Waals surface area contributed by atoms with E-state index >= 15 is 0 Å². The van der Waals surface area contributed by atoms with Crippen LogP contribution in [0.15, 0.2) is 0 Å². The molecule has 0 aliphatic carbocycles. The molecule has 0 bridgehead atoms. The molecule has 0 fully saturated rings. The standard InChI is InChI=1S/C11H12O11/c1-10(5(13)14,6(15)16)4(12)2-3-11(7(17)18,8(19)20)9(21)22/h2-3H2,1H3,(H,13,14)(H,15,16)(H,17,18)(H,19,20)(H,21,22). The van der Waals surface area contributed by atoms with Crippen molar-refractivity contribution in [2.75, 3.05) is 0 Å². The van der Waals surface area contributed by atoms with E-state index in [0.717, 1.165) is 0 Å². The third-order valence-electron chi connectivity index (χ3n) is 3.24. The largest absolute Gasteiger partial charge is 0.480 e. The second-order valence-electron chi connectivity index (χ2n) is 4.48. The van der Waals surface area contributed by atoms with E-state index in [9.17, 15) is 28.8 Å². The highest BCUT2D eigenvalue weighted by atomic mass is 16.4. The van der Waals surface area contributed by atoms with Gasteiger partial charge in [0.2, 0.25) is 5.41 Å². The highest BCUT2D eigenvalue weighted by Gasteiger charge is 2.56. The summed E-state index contributed by atoms with van der Waals surface area (Å²) in [4.78, 5) is 66.3. The van der Waals surface area contributed by atoms with Gasteiger partial charge >= 0.3 is 29.8 Å². The predicted molar refractivity (Wildman–Crippen MR) is 63.0 cm³/mol. The summed E-state index contributed by atoms with van der Waals surface area (Å²) in [5.41, 5.74) is -6.32. The minimum absolute atomic E-state index is 0.532. The Hall–Kier alpha value is -2.98. The van der Waals surface area contributed by atoms with Crippen LogP contribution in [0.3, 0.4) is 0 Å². The lowest BCUT2D eigenvalue weighted by atomic mass is 9.77. The van der Waals surface area contributed by atoms with Crippen molar-refractivity contribution in [2.45, 2.75) is 19.8 Å². The molecule has 122 valence electrons. The second kappa shape index (κ2) is 6.20. The number of carbonyl (C=O) groups is 6. The summed E-state index contributed by atoms with van der Waals surface area (Å²) in [7, 11) is 0. The van der Waals surface area contributed by atoms with Gasteiger partial charge in [0.25, 0.3) is 5.41 Å². The molecule has 0 unspecified atom stereocenters. The van der Waals surface area contributed by atoms with Crippen LogP contribution in [0.4, 0.5) is 0 Å². The molecule has 0 rings (SSSR count). The first-order valence-corrected chi connectivity index (χ1v) is 5.55. The van der Waals surface area contributed by atoms with Crippen molar-refractivity contribution in [1.82, 2.24) is 0 Å². The van der Waals surface area contributed by atoms with Crippen LogP contribution in [-0.4, -0.2) is 61.2 Å². The van der Waals surface area contributed by atoms with E-state index in [-0.39, 0.29) is 0 Å². The molecule has 0 aromatic rings. The van der Waals surface area contributed by atoms with E-state index in [4.69, 9.17) is 25.5 Å². The summed E-state index contributed by atoms with van der Waals surface area (Å²) in [6.07, 6.45) is -2.48. The fourth-order valence-electron chi connectivity index (χ4n) is 1.48. The van der Waals surface area contributed by atoms with Gasteiger partial charge in [-0.25, -0.2) is 0 Å². The molecule has 0 aromatic carbocycles. The lowest BCUT2D eigenvalue weighted by Gasteiger charge is -2.22. The van der Waals surface area contributed by atoms with Crippen LogP contribution in [-0.2, 0) is 28.8 Å². The van der Waals surface area contributed by atoms with Gasteiger partial charge in [-0.05, 0) is 13.3 Å². The third kappa shape index (κ3) is 2.87. The summed E-state index contributed by atoms with van der Waals surface area (Å²) < 4.78 is 0. The number of hydrogen-bond donors (Lipinski definition) is 5. The number of rotatable bonds is 9. The van der Waals surface area contributed by atoms with Crippen molar-refractivity contribution < 1.29 is 54.3 Å². The monoisotopic (exact) mass is 320 g/mol. The molecular formula is C11H12O11. The SMILES string of the molecule is CC(C(=O)O)(C(=O)O)C(=O)CCC(C(=O)O)(C(=O)O)C(=O)O. The van der Waals surface area contributed by atoms with Crippen molar-refractivity contribution in [2.24, 2.45) is 10.8 Å². The Morgan fingerprint density at radius 2 is 1.00 bits per heavy atom. The smallest absolute Gasteiger partial charge is 0.332 e. The Bertz CT molecular complexity index is 508. The Morgan fingerprint density at radius 1 is 0.682 bits per heavy atom. The molecule has 0 saturated carbocycles. The highest BCUT2D eigenvalue weighted by molar-refractivity contribution is 6.20. The summed E-state index contributed by atoms with van der Waals surface area (Å²) in [5, 5.41) is 43.9. The van der Waals surface area contributed by atoms with E-state index in [2.05, 4.69) is 0 Å². The topological polar surface area (TPSA) is 204 Å². The molecule has 5 N–H and O–H groups in total. The van der Waals surface area contributed by atoms with Crippen LogP contribution in [0, 0.1) is 10.8 Å². The molecule has 0 atom stereocenters. The average molecular weight is 320 g/mol. The van der Waals surface area contributed by atoms with Gasteiger partial charge in [0, 0.05) is 6.42 Å². The number of carbonyl (C=O) groups excluding carboxylic acids is 1. The third-order valence-corrected chi connectivity index (χ3v) is 3.24. The first-order valence-electron chi connectivity index (χ1n) is 5.55. The Labute approximate surface area is 121 Å². The van der Waals surface area contributed by atoms with E-state index in [0.29, 0.717) is 6.92 Å². The maximum absolute atomic E-state index is 11.7. The fraction of sp³-hybridized carbons (Fsp3) is 0.455. The van der Waals surface area contributed by atoms with Crippen molar-refractivity contribution in [3.8, 4) is 0 Å². The number of Topliss-reactive ketones (excluding diaryl/α,β-unsaturated/α-hetero) is 1. The molecule has 0 radical (unpaired) electrons. The Balaban J connectivity index is 5.59. The van der Waals surface area contributed by atoms with Gasteiger partial charge in [-0.15, -0.1) is 0 Å². The van der Waals surface area contributed by atoms with Crippen LogP contribution in [0.25, 0.3) is 0 Å². The van der Waals surface area contributed by atoms with Crippen LogP contribution in [0.2, 0.25) is 0 Å². The molecular weight excluding hydrogens is 308 g/mol. The number of carboxylic acids is 5. The first-order chi connectivity index (χ1) is 9.84. The highest BCUT2D eigenvalue weighted by Crippen LogP contribution is 2.29. The van der Waals surface area contributed by atoms with Crippen molar-refractivity contribution in [1.29, 1.82) is 0 Å². The molecule has 0 heterocycles. The van der Waals surface area contributed by atoms with E-state index in [1.807, 2.05) is 0 Å². The quantitative estimate of drug-likeness (QED) is 0.317. The summed E-state index contributed by atoms with van der Waals surface area (Å²) in [5.74, 6) is -12.4. The second-order valence-corrected chi connectivity index (χ2v) is 4.48. The minimum atomic E-state index is -3.38. The van der Waals surface area contributed by atoms with Gasteiger partial charge in [-0.1, -0.05) is 0 Å². The Morgan fingerprint density at radius 3 is 1.23 bits per heavy atom. The van der Waals surface area contributed by atoms with Gasteiger partial charge in [0.15, 0.2) is 5.78 Å². The summed E-state index contributed by atoms with van der Waals surface area (Å²) in [6, 6.07) is 0. The van der Waals surface area contributed by atoms with Gasteiger partial charge in [0.05, 0.1) is 0 Å². The Kier molecular flexibility index (Phi) is 5.36. The fourth-order valence-corrected chi connectivity index (χ4v) is 1.48. The lowest BCUT2D eigenvalue weighted by molar-refractivity contribution is -0.176. The molecule has 0 spiro atoms. The van der Waals surface area contributed by atoms with Crippen LogP contribution >= 0.6 is 0 Å². The van der Waals surface area contributed by atoms with Crippen molar-refractivity contribution >= 4 is 35.6 Å². The first kappa shape index (κ1) is 19.0. The van der Waals surface area contributed by atoms with Crippen LogP contribution in [0.5, 0.6) is 0 Å². The van der Waals surface area contributed by atoms with Crippen LogP contribution < -0.4 is 0 Å². The molecule has 0 aromatic heterocycles. The normalized spacial score (nSPS) is 11.5. The molecule has 22 heavy (non-hydrogen) atoms. The number of hydrogen-bond acceptors (Lipinski definition) is 6. The average Bonchev–Trinajstić information content (AvgIpc) is 2.35. The van der Waals surface area contributed by atoms with Crippen LogP contribution in [0.1, 0.15) is 19.8 Å². The van der Waals surface area contributed by atoms with Gasteiger partial charge in [-0.2, -0.15) is 0 Å². The summed E-state index contributed by atoms with van der Waals surface area (Å²) >= 11 is 0. The minimum Gasteiger partial charge on any atom is -0.480 e. The maximum atomic E-state index is 11.7. The predicted octanol–water partition coefficient (Wildman–Crippen LogP) is -1.25. The number of aliphatic carboxylic acids is 5. The lowest BCUT2D eigenvalue weighted by Crippen LogP contribution is -2.48. The van der Waals surface area contributed by atoms with E-state index < -0.39 is 59.3 Å². The molecule has 11 heteroatoms. The van der Waals surface area contributed by atoms with Gasteiger partial charge in [-0.3, -0.25) is 28.8 Å². The van der Waals surface area contributed by atoms with Gasteiger partial charge in [0.1, 0.15) is 0 Å². The number of carboxylic acid groups (broad SMARTS) is 5. The molecule has 0 aliphatic heterocycles. The zero-order valence-electron chi connectivity index (χ0n) is 11.1. The molecule has 0 aliphatic rings. The zero-order chi connectivity index (χ0) is 17.9.